The second-order valence-corrected chi connectivity index (χ2v) is 20.9. The third kappa shape index (κ3) is 7.36. The summed E-state index contributed by atoms with van der Waals surface area (Å²) in [4.78, 5) is 9.80. The molecule has 0 aliphatic carbocycles. The molecule has 0 atom stereocenters. The van der Waals surface area contributed by atoms with Gasteiger partial charge in [0, 0.05) is 42.8 Å². The van der Waals surface area contributed by atoms with E-state index in [0.717, 1.165) is 66.7 Å². The fourth-order valence-corrected chi connectivity index (χ4v) is 9.51. The van der Waals surface area contributed by atoms with E-state index in [2.05, 4.69) is 171 Å². The van der Waals surface area contributed by atoms with Crippen molar-refractivity contribution in [1.29, 1.82) is 0 Å². The molecule has 58 heavy (non-hydrogen) atoms. The molecule has 4 nitrogen and oxygen atoms in total. The Balaban J connectivity index is 0.000000200. The predicted molar refractivity (Wildman–Crippen MR) is 241 cm³/mol. The number of hydrogen-bond acceptors (Lipinski definition) is 3. The van der Waals surface area contributed by atoms with Crippen LogP contribution < -0.4 is 5.19 Å². The first kappa shape index (κ1) is 38.9. The number of imidazole rings is 1. The van der Waals surface area contributed by atoms with E-state index < -0.39 is 8.07 Å². The number of para-hydroxylation sites is 3. The number of pyridine rings is 1. The quantitative estimate of drug-likeness (QED) is 0.123. The van der Waals surface area contributed by atoms with Crippen molar-refractivity contribution in [2.24, 2.45) is 0 Å². The van der Waals surface area contributed by atoms with Gasteiger partial charge in [-0.05, 0) is 63.6 Å². The molecule has 0 spiro atoms. The minimum Gasteiger partial charge on any atom is -0.501 e. The van der Waals surface area contributed by atoms with Gasteiger partial charge < -0.3 is 14.0 Å². The van der Waals surface area contributed by atoms with Gasteiger partial charge in [-0.25, -0.2) is 0 Å². The Hall–Kier alpha value is -5.91. The van der Waals surface area contributed by atoms with E-state index in [1.165, 1.54) is 27.3 Å². The van der Waals surface area contributed by atoms with Crippen molar-refractivity contribution in [1.82, 2.24) is 14.5 Å². The predicted octanol–water partition coefficient (Wildman–Crippen LogP) is 13.4. The van der Waals surface area contributed by atoms with Crippen LogP contribution in [0.5, 0.6) is 0 Å². The molecule has 0 aliphatic heterocycles. The number of fused-ring (bicyclic) bond motifs is 5. The molecule has 0 amide bonds. The van der Waals surface area contributed by atoms with Gasteiger partial charge in [0.15, 0.2) is 0 Å². The summed E-state index contributed by atoms with van der Waals surface area (Å²) in [6.45, 7) is 11.7. The van der Waals surface area contributed by atoms with Crippen LogP contribution in [0.1, 0.15) is 25.3 Å². The van der Waals surface area contributed by atoms with Crippen molar-refractivity contribution in [2.75, 3.05) is 0 Å². The Morgan fingerprint density at radius 2 is 1.43 bits per heavy atom. The fraction of sp³-hybridized carbons (Fsp3) is 0.115. The van der Waals surface area contributed by atoms with Crippen LogP contribution in [-0.2, 0) is 20.1 Å². The molecular weight excluding hydrogens is 903 g/mol. The topological polar surface area (TPSA) is 43.9 Å². The number of nitrogens with zero attached hydrogens (tertiary/aromatic N) is 3. The number of furan rings is 1. The number of hydrogen-bond donors (Lipinski definition) is 0. The summed E-state index contributed by atoms with van der Waals surface area (Å²) >= 11 is 0. The second kappa shape index (κ2) is 16.1. The monoisotopic (exact) mass is 946 g/mol. The largest absolute Gasteiger partial charge is 0.501 e. The van der Waals surface area contributed by atoms with E-state index >= 15 is 0 Å². The average molecular weight is 946 g/mol. The minimum absolute atomic E-state index is 0. The molecule has 6 heteroatoms. The molecular formula is C52H43IrN3OSi-2. The molecule has 7 aromatic carbocycles. The van der Waals surface area contributed by atoms with Crippen LogP contribution in [0.3, 0.4) is 0 Å². The zero-order chi connectivity index (χ0) is 39.1. The van der Waals surface area contributed by atoms with E-state index in [1.54, 1.807) is 0 Å². The maximum Gasteiger partial charge on any atom is 0.120 e. The Morgan fingerprint density at radius 3 is 2.22 bits per heavy atom. The van der Waals surface area contributed by atoms with Crippen molar-refractivity contribution < 1.29 is 24.5 Å². The summed E-state index contributed by atoms with van der Waals surface area (Å²) in [6.07, 6.45) is 2.09. The van der Waals surface area contributed by atoms with Gasteiger partial charge in [0.25, 0.3) is 0 Å². The Kier molecular flexibility index (Phi) is 10.8. The summed E-state index contributed by atoms with van der Waals surface area (Å²) in [7, 11) is -1.34. The molecule has 10 aromatic rings. The van der Waals surface area contributed by atoms with Gasteiger partial charge in [-0.2, -0.15) is 0 Å². The van der Waals surface area contributed by atoms with Gasteiger partial charge in [-0.15, -0.1) is 54.1 Å². The average Bonchev–Trinajstić information content (AvgIpc) is 3.82. The SMILES string of the molecule is CC(C)c1cc(-c2[c-]cccc2)ncc1[Si](C)(C)C.[Ir].[c-]1ccc2c(oc3ccccc32)c1-c1nc2ccccc2n1-c1cccc2ccc(-c3ccccc3)cc12. The van der Waals surface area contributed by atoms with E-state index in [1.807, 2.05) is 48.5 Å². The first-order valence-corrected chi connectivity index (χ1v) is 23.1. The molecule has 0 fully saturated rings. The molecule has 3 aromatic heterocycles. The fourth-order valence-electron chi connectivity index (χ4n) is 7.83. The number of aromatic nitrogens is 3. The van der Waals surface area contributed by atoms with Crippen LogP contribution in [0.4, 0.5) is 0 Å². The van der Waals surface area contributed by atoms with E-state index in [0.29, 0.717) is 5.92 Å². The standard InChI is InChI=1S/C35H21N2O.C17H22NSi.Ir/c1-2-10-23(11-3-1)25-21-20-24-12-8-18-31(29(24)22-25)37-32-17-6-5-16-30(32)36-35(37)28-15-9-14-27-26-13-4-7-19-33(26)38-34(27)28;1-13(2)15-11-16(14-9-7-6-8-10-14)18-12-17(15)19(3,4)5;/h1-14,16-22H;6-9,11-13H,1-5H3;/q2*-1;. The van der Waals surface area contributed by atoms with Gasteiger partial charge in [0.2, 0.25) is 0 Å². The van der Waals surface area contributed by atoms with Gasteiger partial charge in [0.1, 0.15) is 5.58 Å². The van der Waals surface area contributed by atoms with Crippen LogP contribution in [-0.4, -0.2) is 22.6 Å². The molecule has 3 heterocycles. The minimum atomic E-state index is -1.34. The Labute approximate surface area is 354 Å². The first-order valence-electron chi connectivity index (χ1n) is 19.6. The van der Waals surface area contributed by atoms with Crippen molar-refractivity contribution in [3.05, 3.63) is 182 Å². The van der Waals surface area contributed by atoms with Gasteiger partial charge >= 0.3 is 0 Å². The maximum atomic E-state index is 6.40. The molecule has 0 bridgehead atoms. The summed E-state index contributed by atoms with van der Waals surface area (Å²) in [6, 6.07) is 61.2. The molecule has 0 saturated carbocycles. The summed E-state index contributed by atoms with van der Waals surface area (Å²) < 4.78 is 8.66. The zero-order valence-electron chi connectivity index (χ0n) is 33.2. The number of benzene rings is 7. The first-order chi connectivity index (χ1) is 27.7. The Morgan fingerprint density at radius 1 is 0.655 bits per heavy atom. The molecule has 0 unspecified atom stereocenters. The summed E-state index contributed by atoms with van der Waals surface area (Å²) in [5, 5.41) is 5.98. The van der Waals surface area contributed by atoms with Crippen LogP contribution >= 0.6 is 0 Å². The second-order valence-electron chi connectivity index (χ2n) is 15.9. The van der Waals surface area contributed by atoms with Crippen LogP contribution in [0.25, 0.3) is 83.2 Å². The summed E-state index contributed by atoms with van der Waals surface area (Å²) in [5.74, 6) is 1.35. The number of rotatable bonds is 6. The van der Waals surface area contributed by atoms with E-state index in [4.69, 9.17) is 9.40 Å². The molecule has 287 valence electrons. The molecule has 1 radical (unpaired) electrons. The van der Waals surface area contributed by atoms with Crippen molar-refractivity contribution >= 4 is 57.0 Å². The Bertz CT molecular complexity index is 3030. The van der Waals surface area contributed by atoms with Crippen molar-refractivity contribution in [3.8, 4) is 39.5 Å². The molecule has 10 rings (SSSR count). The van der Waals surface area contributed by atoms with Crippen LogP contribution in [0.15, 0.2) is 168 Å². The van der Waals surface area contributed by atoms with Gasteiger partial charge in [-0.3, -0.25) is 4.98 Å². The van der Waals surface area contributed by atoms with Crippen molar-refractivity contribution in [3.63, 3.8) is 0 Å². The van der Waals surface area contributed by atoms with Gasteiger partial charge in [0.05, 0.1) is 30.5 Å². The van der Waals surface area contributed by atoms with E-state index in [9.17, 15) is 0 Å². The molecule has 0 saturated heterocycles. The maximum absolute atomic E-state index is 6.40. The zero-order valence-corrected chi connectivity index (χ0v) is 36.6. The molecule has 0 aliphatic rings. The normalized spacial score (nSPS) is 11.6. The van der Waals surface area contributed by atoms with Crippen molar-refractivity contribution in [2.45, 2.75) is 39.4 Å². The smallest absolute Gasteiger partial charge is 0.120 e. The van der Waals surface area contributed by atoms with Crippen LogP contribution in [0, 0.1) is 12.1 Å². The van der Waals surface area contributed by atoms with E-state index in [-0.39, 0.29) is 20.1 Å². The molecule has 0 N–H and O–H groups in total. The van der Waals surface area contributed by atoms with Gasteiger partial charge in [-0.1, -0.05) is 141 Å². The third-order valence-corrected chi connectivity index (χ3v) is 12.7. The van der Waals surface area contributed by atoms with Crippen LogP contribution in [0.2, 0.25) is 19.6 Å². The summed E-state index contributed by atoms with van der Waals surface area (Å²) in [5.41, 5.74) is 11.5. The third-order valence-electron chi connectivity index (χ3n) is 10.7.